The van der Waals surface area contributed by atoms with E-state index in [1.165, 1.54) is 0 Å². The van der Waals surface area contributed by atoms with Gasteiger partial charge in [0, 0.05) is 32.1 Å². The lowest BCUT2D eigenvalue weighted by Gasteiger charge is -2.14. The van der Waals surface area contributed by atoms with Crippen molar-refractivity contribution in [1.82, 2.24) is 0 Å². The molecule has 2 heterocycles. The summed E-state index contributed by atoms with van der Waals surface area (Å²) in [5.74, 6) is 0. The fourth-order valence-corrected chi connectivity index (χ4v) is 6.21. The summed E-state index contributed by atoms with van der Waals surface area (Å²) in [6.45, 7) is 0. The molecule has 0 saturated carbocycles. The molecule has 0 saturated heterocycles. The van der Waals surface area contributed by atoms with E-state index in [2.05, 4.69) is 60.7 Å². The molecular formula is C37H20ClNO2. The molecule has 0 unspecified atom stereocenters. The van der Waals surface area contributed by atoms with Crippen molar-refractivity contribution in [1.29, 1.82) is 5.26 Å². The van der Waals surface area contributed by atoms with Crippen LogP contribution in [0.4, 0.5) is 0 Å². The third kappa shape index (κ3) is 3.73. The summed E-state index contributed by atoms with van der Waals surface area (Å²) in [5.41, 5.74) is 9.53. The molecule has 0 atom stereocenters. The van der Waals surface area contributed by atoms with Gasteiger partial charge in [-0.15, -0.1) is 0 Å². The van der Waals surface area contributed by atoms with Crippen LogP contribution in [-0.2, 0) is 0 Å². The summed E-state index contributed by atoms with van der Waals surface area (Å²) in [5, 5.41) is 14.8. The second-order valence-electron chi connectivity index (χ2n) is 10.2. The van der Waals surface area contributed by atoms with Crippen LogP contribution >= 0.6 is 11.6 Å². The Morgan fingerprint density at radius 1 is 0.512 bits per heavy atom. The summed E-state index contributed by atoms with van der Waals surface area (Å²) in [4.78, 5) is 0. The maximum Gasteiger partial charge on any atom is 0.136 e. The lowest BCUT2D eigenvalue weighted by molar-refractivity contribution is 0.668. The molecule has 0 amide bonds. The van der Waals surface area contributed by atoms with Gasteiger partial charge in [0.2, 0.25) is 0 Å². The highest BCUT2D eigenvalue weighted by molar-refractivity contribution is 6.33. The quantitative estimate of drug-likeness (QED) is 0.222. The SMILES string of the molecule is N#Cc1cccc(Cl)c1-c1cc(-c2ccc3c(c2)oc2ccccc23)cc(-c2cccc3oc4ccccc4c23)c1. The Balaban J connectivity index is 1.42. The van der Waals surface area contributed by atoms with E-state index in [4.69, 9.17) is 20.4 Å². The van der Waals surface area contributed by atoms with Crippen LogP contribution in [0.15, 0.2) is 130 Å². The van der Waals surface area contributed by atoms with Gasteiger partial charge in [-0.1, -0.05) is 72.3 Å². The lowest BCUT2D eigenvalue weighted by atomic mass is 9.90. The molecule has 0 fully saturated rings. The number of fused-ring (bicyclic) bond motifs is 6. The lowest BCUT2D eigenvalue weighted by Crippen LogP contribution is -1.90. The average Bonchev–Trinajstić information content (AvgIpc) is 3.58. The number of nitriles is 1. The van der Waals surface area contributed by atoms with Crippen LogP contribution in [-0.4, -0.2) is 0 Å². The molecule has 8 rings (SSSR count). The van der Waals surface area contributed by atoms with E-state index in [9.17, 15) is 5.26 Å². The maximum absolute atomic E-state index is 9.96. The van der Waals surface area contributed by atoms with Crippen molar-refractivity contribution in [2.24, 2.45) is 0 Å². The number of hydrogen-bond acceptors (Lipinski definition) is 3. The minimum absolute atomic E-state index is 0.528. The van der Waals surface area contributed by atoms with Crippen molar-refractivity contribution < 1.29 is 8.83 Å². The molecule has 0 bridgehead atoms. The predicted molar refractivity (Wildman–Crippen MR) is 167 cm³/mol. The van der Waals surface area contributed by atoms with Crippen molar-refractivity contribution in [3.63, 3.8) is 0 Å². The van der Waals surface area contributed by atoms with Gasteiger partial charge in [-0.2, -0.15) is 5.26 Å². The molecule has 8 aromatic rings. The smallest absolute Gasteiger partial charge is 0.136 e. The minimum atomic E-state index is 0.528. The normalized spacial score (nSPS) is 11.5. The summed E-state index contributed by atoms with van der Waals surface area (Å²) >= 11 is 6.74. The van der Waals surface area contributed by atoms with Crippen LogP contribution in [0.25, 0.3) is 77.3 Å². The Morgan fingerprint density at radius 2 is 1.17 bits per heavy atom. The highest BCUT2D eigenvalue weighted by Gasteiger charge is 2.17. The van der Waals surface area contributed by atoms with Gasteiger partial charge in [-0.05, 0) is 88.5 Å². The van der Waals surface area contributed by atoms with E-state index in [0.29, 0.717) is 16.1 Å². The van der Waals surface area contributed by atoms with Crippen molar-refractivity contribution in [2.75, 3.05) is 0 Å². The Hall–Kier alpha value is -5.30. The molecule has 0 aliphatic heterocycles. The van der Waals surface area contributed by atoms with Gasteiger partial charge < -0.3 is 8.83 Å². The summed E-state index contributed by atoms with van der Waals surface area (Å²) < 4.78 is 12.4. The molecule has 41 heavy (non-hydrogen) atoms. The summed E-state index contributed by atoms with van der Waals surface area (Å²) in [6, 6.07) is 42.8. The van der Waals surface area contributed by atoms with Gasteiger partial charge in [0.05, 0.1) is 11.6 Å². The van der Waals surface area contributed by atoms with E-state index < -0.39 is 0 Å². The molecular weight excluding hydrogens is 526 g/mol. The fourth-order valence-electron chi connectivity index (χ4n) is 5.93. The van der Waals surface area contributed by atoms with Gasteiger partial charge in [0.1, 0.15) is 22.3 Å². The molecule has 0 aliphatic rings. The van der Waals surface area contributed by atoms with Crippen molar-refractivity contribution in [3.8, 4) is 39.4 Å². The van der Waals surface area contributed by atoms with Gasteiger partial charge in [0.15, 0.2) is 0 Å². The van der Waals surface area contributed by atoms with Gasteiger partial charge in [0.25, 0.3) is 0 Å². The first-order valence-electron chi connectivity index (χ1n) is 13.3. The van der Waals surface area contributed by atoms with Crippen LogP contribution in [0.5, 0.6) is 0 Å². The van der Waals surface area contributed by atoms with Crippen molar-refractivity contribution in [2.45, 2.75) is 0 Å². The standard InChI is InChI=1S/C37H20ClNO2/c38-31-11-5-7-23(21-39)36(31)26-18-24(22-15-16-29-28-8-1-3-12-32(28)41-35(29)20-22)17-25(19-26)27-10-6-14-34-37(27)30-9-2-4-13-33(30)40-34/h1-20H. The van der Waals surface area contributed by atoms with Crippen molar-refractivity contribution in [3.05, 3.63) is 132 Å². The Morgan fingerprint density at radius 3 is 2.02 bits per heavy atom. The number of nitrogens with zero attached hydrogens (tertiary/aromatic N) is 1. The average molecular weight is 546 g/mol. The van der Waals surface area contributed by atoms with Crippen molar-refractivity contribution >= 4 is 55.5 Å². The second kappa shape index (κ2) is 9.13. The Bertz CT molecular complexity index is 2350. The molecule has 0 N–H and O–H groups in total. The number of hydrogen-bond donors (Lipinski definition) is 0. The molecule has 6 aromatic carbocycles. The van der Waals surface area contributed by atoms with E-state index in [-0.39, 0.29) is 0 Å². The molecule has 192 valence electrons. The fraction of sp³-hybridized carbons (Fsp3) is 0. The van der Waals surface area contributed by atoms with Crippen LogP contribution in [0.3, 0.4) is 0 Å². The van der Waals surface area contributed by atoms with E-state index >= 15 is 0 Å². The zero-order valence-corrected chi connectivity index (χ0v) is 22.4. The van der Waals surface area contributed by atoms with Gasteiger partial charge in [-0.25, -0.2) is 0 Å². The minimum Gasteiger partial charge on any atom is -0.456 e. The molecule has 0 radical (unpaired) electrons. The second-order valence-corrected chi connectivity index (χ2v) is 10.6. The number of benzene rings is 6. The predicted octanol–water partition coefficient (Wildman–Crippen LogP) is 11.0. The van der Waals surface area contributed by atoms with Gasteiger partial charge in [-0.3, -0.25) is 0 Å². The third-order valence-electron chi connectivity index (χ3n) is 7.78. The monoisotopic (exact) mass is 545 g/mol. The molecule has 3 nitrogen and oxygen atoms in total. The van der Waals surface area contributed by atoms with Crippen LogP contribution < -0.4 is 0 Å². The van der Waals surface area contributed by atoms with Gasteiger partial charge >= 0.3 is 0 Å². The van der Waals surface area contributed by atoms with Crippen LogP contribution in [0.1, 0.15) is 5.56 Å². The first-order valence-corrected chi connectivity index (χ1v) is 13.7. The topological polar surface area (TPSA) is 50.1 Å². The van der Waals surface area contributed by atoms with E-state index in [1.54, 1.807) is 6.07 Å². The number of para-hydroxylation sites is 2. The number of halogens is 1. The molecule has 4 heteroatoms. The van der Waals surface area contributed by atoms with E-state index in [1.807, 2.05) is 60.7 Å². The number of furan rings is 2. The van der Waals surface area contributed by atoms with E-state index in [0.717, 1.165) is 71.7 Å². The summed E-state index contributed by atoms with van der Waals surface area (Å²) in [7, 11) is 0. The first-order chi connectivity index (χ1) is 20.2. The third-order valence-corrected chi connectivity index (χ3v) is 8.10. The zero-order valence-electron chi connectivity index (χ0n) is 21.7. The van der Waals surface area contributed by atoms with Crippen LogP contribution in [0.2, 0.25) is 5.02 Å². The molecule has 0 aliphatic carbocycles. The van der Waals surface area contributed by atoms with Crippen LogP contribution in [0, 0.1) is 11.3 Å². The zero-order chi connectivity index (χ0) is 27.5. The first kappa shape index (κ1) is 23.6. The Kier molecular flexibility index (Phi) is 5.25. The highest BCUT2D eigenvalue weighted by Crippen LogP contribution is 2.42. The maximum atomic E-state index is 9.96. The largest absolute Gasteiger partial charge is 0.456 e. The number of rotatable bonds is 3. The molecule has 0 spiro atoms. The molecule has 2 aromatic heterocycles. The summed E-state index contributed by atoms with van der Waals surface area (Å²) in [6.07, 6.45) is 0. The highest BCUT2D eigenvalue weighted by atomic mass is 35.5. The Labute approximate surface area is 240 Å².